The van der Waals surface area contributed by atoms with Crippen molar-refractivity contribution in [1.29, 1.82) is 0 Å². The first kappa shape index (κ1) is 11.4. The molecule has 0 saturated heterocycles. The molecule has 0 aliphatic rings. The molecule has 0 aliphatic heterocycles. The van der Waals surface area contributed by atoms with Gasteiger partial charge in [0.15, 0.2) is 0 Å². The van der Waals surface area contributed by atoms with Crippen molar-refractivity contribution in [2.75, 3.05) is 0 Å². The van der Waals surface area contributed by atoms with Crippen LogP contribution in [0, 0.1) is 0 Å². The Kier molecular flexibility index (Phi) is 5.74. The van der Waals surface area contributed by atoms with Crippen LogP contribution in [0.3, 0.4) is 0 Å². The summed E-state index contributed by atoms with van der Waals surface area (Å²) >= 11 is 1.37. The molecular formula is C10H12OW. The van der Waals surface area contributed by atoms with Gasteiger partial charge in [0.1, 0.15) is 0 Å². The van der Waals surface area contributed by atoms with Gasteiger partial charge in [0, 0.05) is 0 Å². The maximum absolute atomic E-state index is 10.7. The van der Waals surface area contributed by atoms with Crippen molar-refractivity contribution in [2.45, 2.75) is 13.3 Å². The molecular weight excluding hydrogens is 320 g/mol. The molecule has 0 aromatic carbocycles. The van der Waals surface area contributed by atoms with Crippen LogP contribution in [-0.2, 0) is 24.1 Å². The fourth-order valence-electron chi connectivity index (χ4n) is 0.748. The monoisotopic (exact) mass is 332 g/mol. The minimum atomic E-state index is 0.142. The molecule has 12 heavy (non-hydrogen) atoms. The zero-order chi connectivity index (χ0) is 9.56. The standard InChI is InChI=1S/C10H12O.W/c1-5-8(2)6-9(3)7-10(4)11;/h2,5-6H,1,3,7H2,4H3;. The number of allylic oxidation sites excluding steroid dienone is 4. The number of Topliss-reactive ketones (excluding diaryl/α,β-unsaturated/α-hetero) is 1. The minimum absolute atomic E-state index is 0.142. The Balaban J connectivity index is 4.30. The molecule has 0 unspecified atom stereocenters. The van der Waals surface area contributed by atoms with Gasteiger partial charge in [-0.05, 0) is 0 Å². The molecule has 0 fully saturated rings. The van der Waals surface area contributed by atoms with Gasteiger partial charge >= 0.3 is 84.1 Å². The van der Waals surface area contributed by atoms with E-state index >= 15 is 0 Å². The van der Waals surface area contributed by atoms with Crippen LogP contribution in [0.15, 0.2) is 36.5 Å². The fraction of sp³-hybridized carbons (Fsp3) is 0.200. The number of carbonyl (C=O) groups is 1. The van der Waals surface area contributed by atoms with Crippen LogP contribution in [0.1, 0.15) is 13.3 Å². The summed E-state index contributed by atoms with van der Waals surface area (Å²) in [6.45, 7) is 8.99. The number of rotatable bonds is 5. The first-order valence-corrected chi connectivity index (χ1v) is 5.26. The van der Waals surface area contributed by atoms with E-state index in [0.29, 0.717) is 6.42 Å². The van der Waals surface area contributed by atoms with Gasteiger partial charge in [-0.3, -0.25) is 0 Å². The number of hydrogen-bond donors (Lipinski definition) is 0. The Labute approximate surface area is 84.3 Å². The third-order valence-corrected chi connectivity index (χ3v) is 2.20. The molecule has 0 aromatic heterocycles. The van der Waals surface area contributed by atoms with Gasteiger partial charge in [0.2, 0.25) is 0 Å². The summed E-state index contributed by atoms with van der Waals surface area (Å²) < 4.78 is 2.01. The first-order chi connectivity index (χ1) is 5.60. The van der Waals surface area contributed by atoms with Crippen LogP contribution in [0.5, 0.6) is 0 Å². The summed E-state index contributed by atoms with van der Waals surface area (Å²) in [5, 5.41) is 0. The van der Waals surface area contributed by atoms with E-state index in [2.05, 4.69) is 13.2 Å². The summed E-state index contributed by atoms with van der Waals surface area (Å²) in [4.78, 5) is 10.7. The van der Waals surface area contributed by atoms with Crippen molar-refractivity contribution in [2.24, 2.45) is 0 Å². The van der Waals surface area contributed by atoms with Crippen LogP contribution in [0.4, 0.5) is 0 Å². The number of hydrogen-bond acceptors (Lipinski definition) is 1. The van der Waals surface area contributed by atoms with E-state index in [-0.39, 0.29) is 5.78 Å². The van der Waals surface area contributed by atoms with E-state index < -0.39 is 0 Å². The fourth-order valence-corrected chi connectivity index (χ4v) is 1.34. The average molecular weight is 332 g/mol. The molecule has 0 amide bonds. The van der Waals surface area contributed by atoms with Gasteiger partial charge in [-0.15, -0.1) is 0 Å². The van der Waals surface area contributed by atoms with Crippen LogP contribution < -0.4 is 0 Å². The average Bonchev–Trinajstić information content (AvgIpc) is 1.98. The van der Waals surface area contributed by atoms with Gasteiger partial charge in [-0.2, -0.15) is 0 Å². The van der Waals surface area contributed by atoms with Crippen LogP contribution >= 0.6 is 0 Å². The van der Waals surface area contributed by atoms with E-state index in [1.807, 2.05) is 10.5 Å². The topological polar surface area (TPSA) is 17.1 Å². The van der Waals surface area contributed by atoms with Crippen LogP contribution in [0.25, 0.3) is 0 Å². The molecule has 0 atom stereocenters. The van der Waals surface area contributed by atoms with Gasteiger partial charge < -0.3 is 0 Å². The molecule has 0 heterocycles. The molecule has 0 radical (unpaired) electrons. The second-order valence-corrected chi connectivity index (χ2v) is 3.35. The van der Waals surface area contributed by atoms with Gasteiger partial charge in [-0.25, -0.2) is 0 Å². The molecule has 0 rings (SSSR count). The zero-order valence-electron chi connectivity index (χ0n) is 7.17. The Morgan fingerprint density at radius 1 is 1.58 bits per heavy atom. The zero-order valence-corrected chi connectivity index (χ0v) is 10.1. The summed E-state index contributed by atoms with van der Waals surface area (Å²) in [5.41, 5.74) is 1.88. The van der Waals surface area contributed by atoms with Crippen molar-refractivity contribution >= 4 is 10.2 Å². The van der Waals surface area contributed by atoms with Crippen LogP contribution in [0.2, 0.25) is 0 Å². The van der Waals surface area contributed by atoms with Crippen molar-refractivity contribution < 1.29 is 24.1 Å². The summed E-state index contributed by atoms with van der Waals surface area (Å²) in [5.74, 6) is 0.142. The predicted molar refractivity (Wildman–Crippen MR) is 48.8 cm³/mol. The quantitative estimate of drug-likeness (QED) is 0.704. The van der Waals surface area contributed by atoms with E-state index in [9.17, 15) is 4.79 Å². The van der Waals surface area contributed by atoms with E-state index in [4.69, 9.17) is 0 Å². The molecule has 64 valence electrons. The van der Waals surface area contributed by atoms with Crippen molar-refractivity contribution in [1.82, 2.24) is 0 Å². The molecule has 1 nitrogen and oxygen atoms in total. The summed E-state index contributed by atoms with van der Waals surface area (Å²) in [6.07, 6.45) is 4.08. The Morgan fingerprint density at radius 2 is 2.17 bits per heavy atom. The molecule has 0 saturated carbocycles. The Bertz CT molecular complexity index is 239. The third kappa shape index (κ3) is 5.15. The maximum atomic E-state index is 10.7. The first-order valence-electron chi connectivity index (χ1n) is 3.56. The molecule has 0 aliphatic carbocycles. The van der Waals surface area contributed by atoms with E-state index in [0.717, 1.165) is 11.1 Å². The third-order valence-electron chi connectivity index (χ3n) is 1.22. The van der Waals surface area contributed by atoms with Crippen LogP contribution in [-0.4, -0.2) is 10.2 Å². The molecule has 0 aromatic rings. The molecule has 0 bridgehead atoms. The summed E-state index contributed by atoms with van der Waals surface area (Å²) in [6, 6.07) is 0. The number of carbonyl (C=O) groups excluding carboxylic acids is 1. The van der Waals surface area contributed by atoms with E-state index in [1.54, 1.807) is 13.0 Å². The normalized spacial score (nSPS) is 10.6. The molecule has 2 heteroatoms. The SMILES string of the molecule is C=CC([CH]=[W])=CC(=C)CC(C)=O. The van der Waals surface area contributed by atoms with E-state index in [1.165, 1.54) is 19.4 Å². The number of ketones is 1. The van der Waals surface area contributed by atoms with Crippen molar-refractivity contribution in [3.8, 4) is 0 Å². The van der Waals surface area contributed by atoms with Gasteiger partial charge in [-0.1, -0.05) is 0 Å². The predicted octanol–water partition coefficient (Wildman–Crippen LogP) is 1.98. The van der Waals surface area contributed by atoms with Gasteiger partial charge in [0.25, 0.3) is 0 Å². The Morgan fingerprint density at radius 3 is 2.50 bits per heavy atom. The Hall–Kier alpha value is -0.552. The van der Waals surface area contributed by atoms with Crippen molar-refractivity contribution in [3.63, 3.8) is 0 Å². The van der Waals surface area contributed by atoms with Gasteiger partial charge in [0.05, 0.1) is 0 Å². The second-order valence-electron chi connectivity index (χ2n) is 2.50. The molecule has 0 N–H and O–H groups in total. The summed E-state index contributed by atoms with van der Waals surface area (Å²) in [7, 11) is 0. The second kappa shape index (κ2) is 6.02. The van der Waals surface area contributed by atoms with Crippen molar-refractivity contribution in [3.05, 3.63) is 36.5 Å². The molecule has 0 spiro atoms.